The molecule has 0 saturated heterocycles. The van der Waals surface area contributed by atoms with Crippen LogP contribution in [0.15, 0.2) is 0 Å². The molecule has 0 atom stereocenters. The molecule has 0 saturated carbocycles. The maximum atomic E-state index is 8.36. The summed E-state index contributed by atoms with van der Waals surface area (Å²) in [7, 11) is 0. The van der Waals surface area contributed by atoms with Crippen LogP contribution in [-0.2, 0) is 0 Å². The molecule has 0 aromatic rings. The Hall–Kier alpha value is -0.0400. The summed E-state index contributed by atoms with van der Waals surface area (Å²) < 4.78 is 20.5. The number of hydrogen-bond donors (Lipinski definition) is 1. The Labute approximate surface area is 49.6 Å². The second-order valence-corrected chi connectivity index (χ2v) is 1.53. The van der Waals surface area contributed by atoms with Gasteiger partial charge in [0, 0.05) is 10.7 Å². The summed E-state index contributed by atoms with van der Waals surface area (Å²) in [4.78, 5) is 0. The fourth-order valence-corrected chi connectivity index (χ4v) is 0.414. The summed E-state index contributed by atoms with van der Waals surface area (Å²) >= 11 is 0. The highest BCUT2D eigenvalue weighted by Gasteiger charge is 1.80. The van der Waals surface area contributed by atoms with Crippen molar-refractivity contribution in [2.75, 3.05) is 6.61 Å². The van der Waals surface area contributed by atoms with Gasteiger partial charge in [-0.1, -0.05) is 26.1 Å². The quantitative estimate of drug-likeness (QED) is 0.538. The highest BCUT2D eigenvalue weighted by atomic mass is 16.2. The first-order valence-electron chi connectivity index (χ1n) is 4.17. The average Bonchev–Trinajstić information content (AvgIpc) is 1.78. The minimum absolute atomic E-state index is 0.168. The van der Waals surface area contributed by atoms with Crippen molar-refractivity contribution in [3.8, 4) is 0 Å². The van der Waals surface area contributed by atoms with Gasteiger partial charge in [0.2, 0.25) is 0 Å². The highest BCUT2D eigenvalue weighted by Crippen LogP contribution is 1.95. The summed E-state index contributed by atoms with van der Waals surface area (Å²) in [5.41, 5.74) is 0. The predicted molar refractivity (Wildman–Crippen MR) is 31.2 cm³/mol. The van der Waals surface area contributed by atoms with E-state index >= 15 is 0 Å². The van der Waals surface area contributed by atoms with E-state index in [1.54, 1.807) is 0 Å². The van der Waals surface area contributed by atoms with Crippen molar-refractivity contribution >= 4 is 0 Å². The molecule has 0 fully saturated rings. The molecular formula is C6H14O. The van der Waals surface area contributed by atoms with Gasteiger partial charge in [0.1, 0.15) is 0 Å². The Morgan fingerprint density at radius 3 is 2.86 bits per heavy atom. The number of unbranched alkanes of at least 4 members (excludes halogenated alkanes) is 2. The summed E-state index contributed by atoms with van der Waals surface area (Å²) in [6, 6.07) is 0. The van der Waals surface area contributed by atoms with Crippen LogP contribution in [0.4, 0.5) is 0 Å². The van der Waals surface area contributed by atoms with Gasteiger partial charge < -0.3 is 5.11 Å². The number of rotatable bonds is 4. The number of hydrogen-bond acceptors (Lipinski definition) is 1. The van der Waals surface area contributed by atoms with E-state index in [4.69, 9.17) is 9.22 Å². The lowest BCUT2D eigenvalue weighted by molar-refractivity contribution is 0.283. The largest absolute Gasteiger partial charge is 0.396 e. The second-order valence-electron chi connectivity index (χ2n) is 1.53. The molecule has 0 aliphatic heterocycles. The summed E-state index contributed by atoms with van der Waals surface area (Å²) in [6.07, 6.45) is 2.50. The Morgan fingerprint density at radius 2 is 2.29 bits per heavy atom. The highest BCUT2D eigenvalue weighted by molar-refractivity contribution is 4.35. The molecule has 0 radical (unpaired) electrons. The smallest absolute Gasteiger partial charge is 0.0431 e. The zero-order valence-electron chi connectivity index (χ0n) is 7.48. The lowest BCUT2D eigenvalue weighted by Gasteiger charge is -1.90. The fourth-order valence-electron chi connectivity index (χ4n) is 0.414. The molecule has 1 heteroatoms. The normalized spacial score (nSPS) is 17.6. The minimum Gasteiger partial charge on any atom is -0.396 e. The van der Waals surface area contributed by atoms with Crippen LogP contribution in [0, 0.1) is 0 Å². The Balaban J connectivity index is 3.04. The summed E-state index contributed by atoms with van der Waals surface area (Å²) in [5, 5.41) is 8.36. The van der Waals surface area contributed by atoms with Crippen molar-refractivity contribution in [2.24, 2.45) is 0 Å². The van der Waals surface area contributed by atoms with Gasteiger partial charge in [-0.05, 0) is 6.42 Å². The first-order chi connectivity index (χ1) is 4.56. The van der Waals surface area contributed by atoms with Crippen molar-refractivity contribution < 1.29 is 9.22 Å². The molecule has 0 rings (SSSR count). The first-order valence-corrected chi connectivity index (χ1v) is 2.67. The zero-order chi connectivity index (χ0) is 8.04. The molecule has 0 aromatic carbocycles. The Bertz CT molecular complexity index is 79.6. The molecule has 0 unspecified atom stereocenters. The van der Waals surface area contributed by atoms with Crippen LogP contribution in [0.1, 0.15) is 36.6 Å². The van der Waals surface area contributed by atoms with Gasteiger partial charge in [-0.15, -0.1) is 0 Å². The van der Waals surface area contributed by atoms with Crippen LogP contribution in [0.25, 0.3) is 0 Å². The van der Waals surface area contributed by atoms with Gasteiger partial charge in [-0.3, -0.25) is 0 Å². The van der Waals surface area contributed by atoms with Crippen LogP contribution in [-0.4, -0.2) is 11.7 Å². The van der Waals surface area contributed by atoms with E-state index in [9.17, 15) is 0 Å². The van der Waals surface area contributed by atoms with E-state index in [2.05, 4.69) is 0 Å². The third-order valence-corrected chi connectivity index (χ3v) is 0.835. The molecule has 44 valence electrons. The van der Waals surface area contributed by atoms with E-state index < -0.39 is 6.85 Å². The fraction of sp³-hybridized carbons (Fsp3) is 1.00. The molecular weight excluding hydrogens is 88.1 g/mol. The third-order valence-electron chi connectivity index (χ3n) is 0.835. The van der Waals surface area contributed by atoms with Gasteiger partial charge in [-0.25, -0.2) is 0 Å². The molecule has 0 heterocycles. The van der Waals surface area contributed by atoms with Gasteiger partial charge in [-0.2, -0.15) is 0 Å². The number of aliphatic hydroxyl groups excluding tert-OH is 1. The van der Waals surface area contributed by atoms with Gasteiger partial charge in [0.25, 0.3) is 0 Å². The Morgan fingerprint density at radius 1 is 1.43 bits per heavy atom. The summed E-state index contributed by atoms with van der Waals surface area (Å²) in [6.45, 7) is -1.61. The van der Waals surface area contributed by atoms with Crippen LogP contribution in [0.2, 0.25) is 0 Å². The third kappa shape index (κ3) is 5.96. The van der Waals surface area contributed by atoms with E-state index in [1.165, 1.54) is 0 Å². The monoisotopic (exact) mass is 105 g/mol. The molecule has 0 aliphatic rings. The van der Waals surface area contributed by atoms with Crippen LogP contribution in [0.3, 0.4) is 0 Å². The molecule has 0 bridgehead atoms. The van der Waals surface area contributed by atoms with E-state index in [-0.39, 0.29) is 13.0 Å². The maximum Gasteiger partial charge on any atom is 0.0431 e. The number of aliphatic hydroxyl groups is 1. The van der Waals surface area contributed by atoms with Crippen molar-refractivity contribution in [3.63, 3.8) is 0 Å². The van der Waals surface area contributed by atoms with Crippen molar-refractivity contribution in [3.05, 3.63) is 0 Å². The predicted octanol–water partition coefficient (Wildman–Crippen LogP) is 1.56. The first kappa shape index (κ1) is 3.08. The van der Waals surface area contributed by atoms with Gasteiger partial charge >= 0.3 is 0 Å². The minimum atomic E-state index is -1.78. The molecule has 0 aliphatic carbocycles. The average molecular weight is 105 g/mol. The van der Waals surface area contributed by atoms with Crippen molar-refractivity contribution in [2.45, 2.75) is 32.5 Å². The van der Waals surface area contributed by atoms with Crippen LogP contribution < -0.4 is 0 Å². The SMILES string of the molecule is [2H]C([2H])([2H])CCCCCO. The van der Waals surface area contributed by atoms with Crippen LogP contribution in [0.5, 0.6) is 0 Å². The lowest BCUT2D eigenvalue weighted by Crippen LogP contribution is -1.80. The van der Waals surface area contributed by atoms with Gasteiger partial charge in [0.15, 0.2) is 0 Å². The van der Waals surface area contributed by atoms with Crippen molar-refractivity contribution in [1.29, 1.82) is 0 Å². The van der Waals surface area contributed by atoms with Gasteiger partial charge in [0.05, 0.1) is 0 Å². The standard InChI is InChI=1S/C6H14O/c1-2-3-4-5-6-7/h7H,2-6H2,1H3/i1D3. The molecule has 1 nitrogen and oxygen atoms in total. The zero-order valence-corrected chi connectivity index (χ0v) is 4.48. The lowest BCUT2D eigenvalue weighted by atomic mass is 10.2. The topological polar surface area (TPSA) is 20.2 Å². The molecule has 0 aromatic heterocycles. The molecule has 7 heavy (non-hydrogen) atoms. The molecule has 0 spiro atoms. The van der Waals surface area contributed by atoms with Crippen molar-refractivity contribution in [1.82, 2.24) is 0 Å². The van der Waals surface area contributed by atoms with Crippen LogP contribution >= 0.6 is 0 Å². The second kappa shape index (κ2) is 5.96. The molecule has 1 N–H and O–H groups in total. The molecule has 0 amide bonds. The van der Waals surface area contributed by atoms with E-state index in [1.807, 2.05) is 0 Å². The Kier molecular flexibility index (Phi) is 2.62. The maximum absolute atomic E-state index is 8.36. The summed E-state index contributed by atoms with van der Waals surface area (Å²) in [5.74, 6) is 0. The van der Waals surface area contributed by atoms with E-state index in [0.717, 1.165) is 12.8 Å². The van der Waals surface area contributed by atoms with E-state index in [0.29, 0.717) is 6.42 Å².